The molecule has 0 spiro atoms. The van der Waals surface area contributed by atoms with Gasteiger partial charge in [-0.3, -0.25) is 9.59 Å². The third kappa shape index (κ3) is 4.33. The van der Waals surface area contributed by atoms with Crippen molar-refractivity contribution >= 4 is 17.3 Å². The summed E-state index contributed by atoms with van der Waals surface area (Å²) < 4.78 is 35.7. The van der Waals surface area contributed by atoms with Gasteiger partial charge in [-0.05, 0) is 30.3 Å². The summed E-state index contributed by atoms with van der Waals surface area (Å²) in [6, 6.07) is 10.8. The lowest BCUT2D eigenvalue weighted by Crippen LogP contribution is -2.16. The molecule has 0 fully saturated rings. The van der Waals surface area contributed by atoms with Crippen molar-refractivity contribution in [3.63, 3.8) is 0 Å². The summed E-state index contributed by atoms with van der Waals surface area (Å²) in [5.41, 5.74) is 6.48. The number of nitrogen functional groups attached to an aromatic ring is 1. The molecule has 34 heavy (non-hydrogen) atoms. The number of nitrogens with two attached hydrogens (primary N) is 1. The number of hydrogen-bond acceptors (Lipinski definition) is 6. The predicted molar refractivity (Wildman–Crippen MR) is 123 cm³/mol. The lowest BCUT2D eigenvalue weighted by Gasteiger charge is -2.13. The molecule has 0 atom stereocenters. The minimum absolute atomic E-state index is 0.00632. The van der Waals surface area contributed by atoms with Gasteiger partial charge in [0.25, 0.3) is 5.91 Å². The molecule has 0 bridgehead atoms. The van der Waals surface area contributed by atoms with Crippen molar-refractivity contribution in [1.82, 2.24) is 14.5 Å². The third-order valence-electron chi connectivity index (χ3n) is 5.09. The van der Waals surface area contributed by atoms with Crippen LogP contribution in [0.15, 0.2) is 65.7 Å². The second-order valence-corrected chi connectivity index (χ2v) is 7.32. The normalized spacial score (nSPS) is 10.7. The first-order valence-electron chi connectivity index (χ1n) is 10.0. The summed E-state index contributed by atoms with van der Waals surface area (Å²) in [7, 11) is 2.93. The number of anilines is 2. The zero-order valence-electron chi connectivity index (χ0n) is 18.2. The van der Waals surface area contributed by atoms with Crippen LogP contribution < -0.4 is 21.3 Å². The van der Waals surface area contributed by atoms with E-state index < -0.39 is 17.5 Å². The Kier molecular flexibility index (Phi) is 6.05. The average molecular weight is 463 g/mol. The standard InChI is InChI=1S/C24H19F2N5O3/c1-31-12-13(6-7-21(31)32)14-10-17(27)19(11-16(14)26)30-24(33)18-8-9-28-23(29-18)22-15(25)4-3-5-20(22)34-2/h3-12H,27H2,1-2H3,(H,30,33). The largest absolute Gasteiger partial charge is 0.496 e. The topological polar surface area (TPSA) is 112 Å². The number of methoxy groups -OCH3 is 1. The molecule has 8 nitrogen and oxygen atoms in total. The molecule has 4 rings (SSSR count). The van der Waals surface area contributed by atoms with Gasteiger partial charge in [-0.2, -0.15) is 0 Å². The Balaban J connectivity index is 1.64. The average Bonchev–Trinajstić information content (AvgIpc) is 2.82. The van der Waals surface area contributed by atoms with Crippen LogP contribution in [0.25, 0.3) is 22.5 Å². The number of nitrogens with one attached hydrogen (secondary N) is 1. The van der Waals surface area contributed by atoms with Gasteiger partial charge in [-0.25, -0.2) is 18.7 Å². The van der Waals surface area contributed by atoms with Crippen LogP contribution in [-0.4, -0.2) is 27.6 Å². The van der Waals surface area contributed by atoms with E-state index in [1.807, 2.05) is 0 Å². The first kappa shape index (κ1) is 22.6. The number of rotatable bonds is 5. The molecule has 2 aromatic carbocycles. The molecule has 3 N–H and O–H groups in total. The number of carbonyl (C=O) groups excluding carboxylic acids is 1. The van der Waals surface area contributed by atoms with Gasteiger partial charge in [0.2, 0.25) is 5.56 Å². The lowest BCUT2D eigenvalue weighted by molar-refractivity contribution is 0.102. The van der Waals surface area contributed by atoms with E-state index in [-0.39, 0.29) is 45.3 Å². The van der Waals surface area contributed by atoms with Crippen LogP contribution in [0.3, 0.4) is 0 Å². The molecule has 0 radical (unpaired) electrons. The molecule has 1 amide bonds. The van der Waals surface area contributed by atoms with Gasteiger partial charge < -0.3 is 20.4 Å². The van der Waals surface area contributed by atoms with E-state index in [1.165, 1.54) is 60.5 Å². The van der Waals surface area contributed by atoms with E-state index in [2.05, 4.69) is 15.3 Å². The molecule has 2 aromatic heterocycles. The number of benzene rings is 2. The van der Waals surface area contributed by atoms with Crippen molar-refractivity contribution in [2.75, 3.05) is 18.2 Å². The molecule has 0 unspecified atom stereocenters. The summed E-state index contributed by atoms with van der Waals surface area (Å²) in [5, 5.41) is 2.51. The molecule has 2 heterocycles. The van der Waals surface area contributed by atoms with E-state index in [1.54, 1.807) is 13.1 Å². The summed E-state index contributed by atoms with van der Waals surface area (Å²) in [6.07, 6.45) is 2.79. The fourth-order valence-electron chi connectivity index (χ4n) is 3.36. The molecular formula is C24H19F2N5O3. The van der Waals surface area contributed by atoms with Crippen molar-refractivity contribution in [2.24, 2.45) is 7.05 Å². The fraction of sp³-hybridized carbons (Fsp3) is 0.0833. The zero-order chi connectivity index (χ0) is 24.4. The third-order valence-corrected chi connectivity index (χ3v) is 5.09. The summed E-state index contributed by atoms with van der Waals surface area (Å²) in [5.74, 6) is -1.80. The van der Waals surface area contributed by atoms with Crippen molar-refractivity contribution in [1.29, 1.82) is 0 Å². The molecule has 10 heteroatoms. The van der Waals surface area contributed by atoms with E-state index in [9.17, 15) is 18.4 Å². The maximum atomic E-state index is 14.8. The Labute approximate surface area is 192 Å². The molecule has 4 aromatic rings. The maximum Gasteiger partial charge on any atom is 0.274 e. The van der Waals surface area contributed by atoms with Crippen LogP contribution in [-0.2, 0) is 7.05 Å². The molecule has 0 aliphatic carbocycles. The Morgan fingerprint density at radius 2 is 1.91 bits per heavy atom. The lowest BCUT2D eigenvalue weighted by atomic mass is 10.1. The molecule has 0 saturated carbocycles. The van der Waals surface area contributed by atoms with Gasteiger partial charge in [0.05, 0.1) is 24.0 Å². The molecule has 172 valence electrons. The number of aryl methyl sites for hydroxylation is 1. The van der Waals surface area contributed by atoms with Gasteiger partial charge in [0, 0.05) is 42.7 Å². The highest BCUT2D eigenvalue weighted by Crippen LogP contribution is 2.31. The predicted octanol–water partition coefficient (Wildman–Crippen LogP) is 3.63. The Morgan fingerprint density at radius 1 is 1.12 bits per heavy atom. The summed E-state index contributed by atoms with van der Waals surface area (Å²) >= 11 is 0. The second kappa shape index (κ2) is 9.10. The number of halogens is 2. The van der Waals surface area contributed by atoms with Gasteiger partial charge >= 0.3 is 0 Å². The van der Waals surface area contributed by atoms with Gasteiger partial charge in [-0.15, -0.1) is 0 Å². The van der Waals surface area contributed by atoms with Crippen LogP contribution in [0.2, 0.25) is 0 Å². The minimum atomic E-state index is -0.695. The first-order valence-corrected chi connectivity index (χ1v) is 10.0. The number of nitrogens with zero attached hydrogens (tertiary/aromatic N) is 3. The van der Waals surface area contributed by atoms with Crippen molar-refractivity contribution in [3.8, 4) is 28.3 Å². The molecular weight excluding hydrogens is 444 g/mol. The first-order chi connectivity index (χ1) is 16.3. The van der Waals surface area contributed by atoms with Crippen LogP contribution in [0.5, 0.6) is 5.75 Å². The maximum absolute atomic E-state index is 14.8. The highest BCUT2D eigenvalue weighted by Gasteiger charge is 2.18. The number of amides is 1. The molecule has 0 aliphatic rings. The van der Waals surface area contributed by atoms with E-state index in [0.717, 1.165) is 6.07 Å². The van der Waals surface area contributed by atoms with Crippen molar-refractivity contribution < 1.29 is 18.3 Å². The van der Waals surface area contributed by atoms with E-state index in [0.29, 0.717) is 5.56 Å². The smallest absolute Gasteiger partial charge is 0.274 e. The van der Waals surface area contributed by atoms with Crippen LogP contribution in [0.1, 0.15) is 10.5 Å². The van der Waals surface area contributed by atoms with Gasteiger partial charge in [0.1, 0.15) is 23.1 Å². The summed E-state index contributed by atoms with van der Waals surface area (Å²) in [6.45, 7) is 0. The number of hydrogen-bond donors (Lipinski definition) is 2. The van der Waals surface area contributed by atoms with Crippen LogP contribution in [0.4, 0.5) is 20.2 Å². The van der Waals surface area contributed by atoms with Crippen molar-refractivity contribution in [3.05, 3.63) is 88.6 Å². The van der Waals surface area contributed by atoms with Gasteiger partial charge in [-0.1, -0.05) is 6.07 Å². The van der Waals surface area contributed by atoms with E-state index >= 15 is 0 Å². The SMILES string of the molecule is COc1cccc(F)c1-c1nccc(C(=O)Nc2cc(F)c(-c3ccc(=O)n(C)c3)cc2N)n1. The quantitative estimate of drug-likeness (QED) is 0.437. The van der Waals surface area contributed by atoms with Gasteiger partial charge in [0.15, 0.2) is 5.82 Å². The zero-order valence-corrected chi connectivity index (χ0v) is 18.2. The van der Waals surface area contributed by atoms with Crippen LogP contribution >= 0.6 is 0 Å². The monoisotopic (exact) mass is 463 g/mol. The number of pyridine rings is 1. The fourth-order valence-corrected chi connectivity index (χ4v) is 3.36. The Hall–Kier alpha value is -4.60. The van der Waals surface area contributed by atoms with Crippen molar-refractivity contribution in [2.45, 2.75) is 0 Å². The van der Waals surface area contributed by atoms with E-state index in [4.69, 9.17) is 10.5 Å². The molecule has 0 aliphatic heterocycles. The Bertz CT molecular complexity index is 1470. The summed E-state index contributed by atoms with van der Waals surface area (Å²) in [4.78, 5) is 32.6. The highest BCUT2D eigenvalue weighted by molar-refractivity contribution is 6.05. The number of ether oxygens (including phenoxy) is 1. The minimum Gasteiger partial charge on any atom is -0.496 e. The number of aromatic nitrogens is 3. The second-order valence-electron chi connectivity index (χ2n) is 7.32. The highest BCUT2D eigenvalue weighted by atomic mass is 19.1. The molecule has 0 saturated heterocycles. The number of carbonyl (C=O) groups is 1. The Morgan fingerprint density at radius 3 is 2.65 bits per heavy atom. The van der Waals surface area contributed by atoms with Crippen LogP contribution in [0, 0.1) is 11.6 Å².